The zero-order valence-corrected chi connectivity index (χ0v) is 12.4. The number of halogens is 1. The quantitative estimate of drug-likeness (QED) is 0.855. The van der Waals surface area contributed by atoms with Crippen molar-refractivity contribution in [3.8, 4) is 11.5 Å². The minimum absolute atomic E-state index is 0.298. The Morgan fingerprint density at radius 1 is 1.05 bits per heavy atom. The highest BCUT2D eigenvalue weighted by Gasteiger charge is 2.17. The topological polar surface area (TPSA) is 47.7 Å². The van der Waals surface area contributed by atoms with Gasteiger partial charge in [0.15, 0.2) is 11.5 Å². The molecule has 2 rings (SSSR count). The molecule has 0 amide bonds. The van der Waals surface area contributed by atoms with Gasteiger partial charge in [0.1, 0.15) is 5.82 Å². The molecule has 4 nitrogen and oxygen atoms in total. The molecule has 0 aliphatic rings. The fourth-order valence-electron chi connectivity index (χ4n) is 2.26. The van der Waals surface area contributed by atoms with Crippen LogP contribution in [-0.2, 0) is 0 Å². The molecule has 2 aromatic carbocycles. The first-order valence-corrected chi connectivity index (χ1v) is 6.66. The van der Waals surface area contributed by atoms with Gasteiger partial charge in [0.25, 0.3) is 0 Å². The van der Waals surface area contributed by atoms with Crippen LogP contribution in [0.1, 0.15) is 6.92 Å². The van der Waals surface area contributed by atoms with Crippen molar-refractivity contribution in [3.05, 3.63) is 42.2 Å². The molecule has 0 spiro atoms. The van der Waals surface area contributed by atoms with Gasteiger partial charge >= 0.3 is 0 Å². The van der Waals surface area contributed by atoms with Gasteiger partial charge in [-0.25, -0.2) is 4.39 Å². The molecule has 0 saturated heterocycles. The number of nitrogens with zero attached hydrogens (tertiary/aromatic N) is 1. The molecular weight excluding hydrogens is 271 g/mol. The van der Waals surface area contributed by atoms with E-state index >= 15 is 0 Å². The number of benzene rings is 2. The number of hydrogen-bond donors (Lipinski definition) is 1. The lowest BCUT2D eigenvalue weighted by molar-refractivity contribution is 0.355. The number of nitrogens with two attached hydrogens (primary N) is 1. The minimum atomic E-state index is -0.298. The van der Waals surface area contributed by atoms with Gasteiger partial charge in [-0.15, -0.1) is 0 Å². The fraction of sp³-hybridized carbons (Fsp3) is 0.250. The Hall–Kier alpha value is -2.43. The van der Waals surface area contributed by atoms with Crippen LogP contribution < -0.4 is 20.1 Å². The van der Waals surface area contributed by atoms with E-state index in [-0.39, 0.29) is 5.82 Å². The van der Waals surface area contributed by atoms with Crippen LogP contribution in [-0.4, -0.2) is 20.8 Å². The summed E-state index contributed by atoms with van der Waals surface area (Å²) >= 11 is 0. The molecule has 5 heteroatoms. The summed E-state index contributed by atoms with van der Waals surface area (Å²) in [4.78, 5) is 1.80. The van der Waals surface area contributed by atoms with Gasteiger partial charge < -0.3 is 20.1 Å². The molecule has 0 radical (unpaired) electrons. The molecule has 0 aliphatic heterocycles. The largest absolute Gasteiger partial charge is 0.493 e. The van der Waals surface area contributed by atoms with Crippen LogP contribution in [0, 0.1) is 5.82 Å². The van der Waals surface area contributed by atoms with Crippen LogP contribution in [0.3, 0.4) is 0 Å². The van der Waals surface area contributed by atoms with Gasteiger partial charge in [0.2, 0.25) is 0 Å². The average Bonchev–Trinajstić information content (AvgIpc) is 2.50. The molecule has 21 heavy (non-hydrogen) atoms. The van der Waals surface area contributed by atoms with E-state index in [4.69, 9.17) is 15.2 Å². The third-order valence-electron chi connectivity index (χ3n) is 3.28. The minimum Gasteiger partial charge on any atom is -0.493 e. The van der Waals surface area contributed by atoms with Crippen LogP contribution in [0.2, 0.25) is 0 Å². The molecule has 112 valence electrons. The molecule has 0 aliphatic carbocycles. The molecule has 0 saturated carbocycles. The Morgan fingerprint density at radius 3 is 2.24 bits per heavy atom. The van der Waals surface area contributed by atoms with Gasteiger partial charge in [0, 0.05) is 18.7 Å². The normalized spacial score (nSPS) is 10.3. The van der Waals surface area contributed by atoms with E-state index in [9.17, 15) is 4.39 Å². The monoisotopic (exact) mass is 290 g/mol. The highest BCUT2D eigenvalue weighted by molar-refractivity contribution is 5.78. The van der Waals surface area contributed by atoms with E-state index in [2.05, 4.69) is 0 Å². The number of ether oxygens (including phenoxy) is 2. The summed E-state index contributed by atoms with van der Waals surface area (Å²) < 4.78 is 24.5. The second-order valence-electron chi connectivity index (χ2n) is 4.46. The van der Waals surface area contributed by atoms with Crippen molar-refractivity contribution in [1.82, 2.24) is 0 Å². The number of rotatable bonds is 5. The Bertz CT molecular complexity index is 632. The van der Waals surface area contributed by atoms with E-state index in [0.29, 0.717) is 35.1 Å². The Labute approximate surface area is 123 Å². The Morgan fingerprint density at radius 2 is 1.67 bits per heavy atom. The van der Waals surface area contributed by atoms with E-state index in [1.807, 2.05) is 6.92 Å². The van der Waals surface area contributed by atoms with Crippen LogP contribution in [0.25, 0.3) is 0 Å². The molecule has 0 unspecified atom stereocenters. The van der Waals surface area contributed by atoms with Crippen molar-refractivity contribution in [2.75, 3.05) is 31.4 Å². The standard InChI is InChI=1S/C16H19FN2O2/c1-4-19(13-8-6-5-7-11(13)17)14-10-16(21-3)15(20-2)9-12(14)18/h5-10H,4,18H2,1-3H3. The lowest BCUT2D eigenvalue weighted by atomic mass is 10.2. The third-order valence-corrected chi connectivity index (χ3v) is 3.28. The lowest BCUT2D eigenvalue weighted by Gasteiger charge is -2.26. The first-order chi connectivity index (χ1) is 10.1. The Balaban J connectivity index is 2.55. The summed E-state index contributed by atoms with van der Waals surface area (Å²) in [5.41, 5.74) is 7.73. The van der Waals surface area contributed by atoms with Crippen molar-refractivity contribution in [1.29, 1.82) is 0 Å². The van der Waals surface area contributed by atoms with Gasteiger partial charge in [-0.1, -0.05) is 12.1 Å². The van der Waals surface area contributed by atoms with Crippen LogP contribution in [0.15, 0.2) is 36.4 Å². The van der Waals surface area contributed by atoms with Crippen molar-refractivity contribution in [2.45, 2.75) is 6.92 Å². The molecule has 0 aromatic heterocycles. The second-order valence-corrected chi connectivity index (χ2v) is 4.46. The van der Waals surface area contributed by atoms with Gasteiger partial charge in [-0.3, -0.25) is 0 Å². The molecule has 2 aromatic rings. The number of para-hydroxylation sites is 1. The van der Waals surface area contributed by atoms with Gasteiger partial charge in [-0.2, -0.15) is 0 Å². The molecular formula is C16H19FN2O2. The highest BCUT2D eigenvalue weighted by Crippen LogP contribution is 2.39. The van der Waals surface area contributed by atoms with Crippen LogP contribution in [0.5, 0.6) is 11.5 Å². The summed E-state index contributed by atoms with van der Waals surface area (Å²) in [6.45, 7) is 2.50. The summed E-state index contributed by atoms with van der Waals surface area (Å²) in [5, 5.41) is 0. The van der Waals surface area contributed by atoms with E-state index in [1.165, 1.54) is 6.07 Å². The number of anilines is 3. The average molecular weight is 290 g/mol. The second kappa shape index (κ2) is 6.35. The van der Waals surface area contributed by atoms with Gasteiger partial charge in [-0.05, 0) is 19.1 Å². The van der Waals surface area contributed by atoms with Crippen LogP contribution in [0.4, 0.5) is 21.5 Å². The van der Waals surface area contributed by atoms with Crippen molar-refractivity contribution < 1.29 is 13.9 Å². The summed E-state index contributed by atoms with van der Waals surface area (Å²) in [6, 6.07) is 10.0. The van der Waals surface area contributed by atoms with Crippen molar-refractivity contribution >= 4 is 17.1 Å². The lowest BCUT2D eigenvalue weighted by Crippen LogP contribution is -2.19. The molecule has 0 bridgehead atoms. The summed E-state index contributed by atoms with van der Waals surface area (Å²) in [6.07, 6.45) is 0. The first kappa shape index (κ1) is 15.0. The SMILES string of the molecule is CCN(c1cc(OC)c(OC)cc1N)c1ccccc1F. The Kier molecular flexibility index (Phi) is 4.52. The van der Waals surface area contributed by atoms with Crippen molar-refractivity contribution in [3.63, 3.8) is 0 Å². The van der Waals surface area contributed by atoms with Crippen LogP contribution >= 0.6 is 0 Å². The molecule has 0 heterocycles. The van der Waals surface area contributed by atoms with E-state index in [0.717, 1.165) is 0 Å². The maximum absolute atomic E-state index is 14.0. The molecule has 2 N–H and O–H groups in total. The summed E-state index contributed by atoms with van der Waals surface area (Å²) in [7, 11) is 3.10. The maximum Gasteiger partial charge on any atom is 0.162 e. The predicted molar refractivity (Wildman–Crippen MR) is 83.0 cm³/mol. The smallest absolute Gasteiger partial charge is 0.162 e. The zero-order chi connectivity index (χ0) is 15.4. The van der Waals surface area contributed by atoms with E-state index < -0.39 is 0 Å². The number of methoxy groups -OCH3 is 2. The zero-order valence-electron chi connectivity index (χ0n) is 12.4. The third kappa shape index (κ3) is 2.86. The van der Waals surface area contributed by atoms with Gasteiger partial charge in [0.05, 0.1) is 31.3 Å². The molecule has 0 fully saturated rings. The van der Waals surface area contributed by atoms with Crippen molar-refractivity contribution in [2.24, 2.45) is 0 Å². The molecule has 0 atom stereocenters. The highest BCUT2D eigenvalue weighted by atomic mass is 19.1. The summed E-state index contributed by atoms with van der Waals surface area (Å²) in [5.74, 6) is 0.799. The fourth-order valence-corrected chi connectivity index (χ4v) is 2.26. The maximum atomic E-state index is 14.0. The first-order valence-electron chi connectivity index (χ1n) is 6.66. The predicted octanol–water partition coefficient (Wildman–Crippen LogP) is 3.58. The van der Waals surface area contributed by atoms with E-state index in [1.54, 1.807) is 49.5 Å². The number of nitrogen functional groups attached to an aromatic ring is 1. The number of hydrogen-bond acceptors (Lipinski definition) is 4.